The number of nitrogens with one attached hydrogen (secondary N) is 2. The van der Waals surface area contributed by atoms with E-state index in [0.717, 1.165) is 28.8 Å². The summed E-state index contributed by atoms with van der Waals surface area (Å²) in [5.41, 5.74) is 2.68. The van der Waals surface area contributed by atoms with Crippen LogP contribution in [0.5, 0.6) is 11.5 Å². The lowest BCUT2D eigenvalue weighted by Gasteiger charge is -2.31. The van der Waals surface area contributed by atoms with Gasteiger partial charge < -0.3 is 19.7 Å². The van der Waals surface area contributed by atoms with Crippen LogP contribution in [0.4, 0.5) is 10.1 Å². The van der Waals surface area contributed by atoms with Crippen molar-refractivity contribution in [2.24, 2.45) is 0 Å². The second-order valence-corrected chi connectivity index (χ2v) is 13.4. The number of carbonyl (C=O) groups is 2. The SMILES string of the molecule is COc1ccc(CNC(=O)[C@H](Cc2ccccc2)N(Cc2ccc(Cl)cc2)C(=O)COc2ccc(S(=O)(=O)Nc3ccc(F)cc3)cc2)cc1. The maximum absolute atomic E-state index is 14.0. The van der Waals surface area contributed by atoms with E-state index < -0.39 is 34.4 Å². The van der Waals surface area contributed by atoms with E-state index in [4.69, 9.17) is 21.1 Å². The van der Waals surface area contributed by atoms with E-state index in [-0.39, 0.29) is 41.7 Å². The molecule has 0 heterocycles. The van der Waals surface area contributed by atoms with Crippen molar-refractivity contribution in [2.45, 2.75) is 30.4 Å². The Labute approximate surface area is 295 Å². The number of sulfonamides is 1. The van der Waals surface area contributed by atoms with E-state index in [1.54, 1.807) is 43.5 Å². The van der Waals surface area contributed by atoms with Crippen molar-refractivity contribution in [3.8, 4) is 11.5 Å². The first kappa shape index (κ1) is 35.9. The molecule has 0 spiro atoms. The zero-order chi connectivity index (χ0) is 35.5. The van der Waals surface area contributed by atoms with Crippen LogP contribution in [0.15, 0.2) is 132 Å². The molecule has 0 saturated heterocycles. The van der Waals surface area contributed by atoms with Crippen LogP contribution in [-0.4, -0.2) is 44.9 Å². The Morgan fingerprint density at radius 1 is 0.780 bits per heavy atom. The molecule has 258 valence electrons. The van der Waals surface area contributed by atoms with Gasteiger partial charge in [0.15, 0.2) is 6.61 Å². The van der Waals surface area contributed by atoms with Gasteiger partial charge in [0, 0.05) is 30.2 Å². The number of benzene rings is 5. The molecule has 5 aromatic carbocycles. The number of halogens is 2. The highest BCUT2D eigenvalue weighted by Gasteiger charge is 2.31. The van der Waals surface area contributed by atoms with Gasteiger partial charge in [-0.2, -0.15) is 0 Å². The minimum atomic E-state index is -3.97. The molecule has 0 saturated carbocycles. The van der Waals surface area contributed by atoms with Gasteiger partial charge >= 0.3 is 0 Å². The normalized spacial score (nSPS) is 11.7. The molecule has 0 unspecified atom stereocenters. The standard InChI is InChI=1S/C38H35ClFN3O6S/c1-48-33-17-9-28(10-18-33)24-41-38(45)36(23-27-5-3-2-4-6-27)43(25-29-7-11-30(39)12-8-29)37(44)26-49-34-19-21-35(22-20-34)50(46,47)42-32-15-13-31(40)14-16-32/h2-22,36,42H,23-26H2,1H3,(H,41,45)/t36-/m0/s1. The highest BCUT2D eigenvalue weighted by Crippen LogP contribution is 2.21. The van der Waals surface area contributed by atoms with E-state index in [1.807, 2.05) is 42.5 Å². The third kappa shape index (κ3) is 10.1. The molecule has 0 fully saturated rings. The summed E-state index contributed by atoms with van der Waals surface area (Å²) in [6.07, 6.45) is 0.238. The maximum atomic E-state index is 14.0. The van der Waals surface area contributed by atoms with Crippen molar-refractivity contribution in [2.75, 3.05) is 18.4 Å². The second kappa shape index (κ2) is 16.8. The summed E-state index contributed by atoms with van der Waals surface area (Å²) in [7, 11) is -2.39. The summed E-state index contributed by atoms with van der Waals surface area (Å²) in [6.45, 7) is -0.0948. The van der Waals surface area contributed by atoms with Crippen LogP contribution in [0.1, 0.15) is 16.7 Å². The van der Waals surface area contributed by atoms with Gasteiger partial charge in [0.1, 0.15) is 23.4 Å². The van der Waals surface area contributed by atoms with E-state index in [1.165, 1.54) is 41.3 Å². The maximum Gasteiger partial charge on any atom is 0.261 e. The smallest absolute Gasteiger partial charge is 0.261 e. The van der Waals surface area contributed by atoms with Crippen molar-refractivity contribution in [1.29, 1.82) is 0 Å². The lowest BCUT2D eigenvalue weighted by Crippen LogP contribution is -2.51. The molecule has 5 aromatic rings. The van der Waals surface area contributed by atoms with Crippen LogP contribution in [0.25, 0.3) is 0 Å². The van der Waals surface area contributed by atoms with E-state index >= 15 is 0 Å². The Kier molecular flexibility index (Phi) is 12.1. The van der Waals surface area contributed by atoms with Gasteiger partial charge in [-0.3, -0.25) is 14.3 Å². The molecule has 9 nitrogen and oxygen atoms in total. The molecule has 2 amide bonds. The first-order valence-electron chi connectivity index (χ1n) is 15.6. The van der Waals surface area contributed by atoms with Crippen molar-refractivity contribution in [3.05, 3.63) is 155 Å². The molecular weight excluding hydrogens is 681 g/mol. The van der Waals surface area contributed by atoms with Gasteiger partial charge in [-0.25, -0.2) is 12.8 Å². The first-order chi connectivity index (χ1) is 24.1. The number of hydrogen-bond donors (Lipinski definition) is 2. The summed E-state index contributed by atoms with van der Waals surface area (Å²) < 4.78 is 52.4. The Morgan fingerprint density at radius 2 is 1.40 bits per heavy atom. The monoisotopic (exact) mass is 715 g/mol. The van der Waals surface area contributed by atoms with Crippen molar-refractivity contribution in [1.82, 2.24) is 10.2 Å². The number of methoxy groups -OCH3 is 1. The fourth-order valence-electron chi connectivity index (χ4n) is 5.07. The highest BCUT2D eigenvalue weighted by molar-refractivity contribution is 7.92. The van der Waals surface area contributed by atoms with Crippen molar-refractivity contribution >= 4 is 39.1 Å². The molecular formula is C38H35ClFN3O6S. The van der Waals surface area contributed by atoms with E-state index in [0.29, 0.717) is 10.8 Å². The largest absolute Gasteiger partial charge is 0.497 e. The van der Waals surface area contributed by atoms with Crippen LogP contribution in [0.2, 0.25) is 5.02 Å². The van der Waals surface area contributed by atoms with E-state index in [9.17, 15) is 22.4 Å². The summed E-state index contributed by atoms with van der Waals surface area (Å²) in [6, 6.07) is 33.3. The highest BCUT2D eigenvalue weighted by atomic mass is 35.5. The molecule has 0 aromatic heterocycles. The van der Waals surface area contributed by atoms with Gasteiger partial charge in [0.05, 0.1) is 12.0 Å². The third-order valence-corrected chi connectivity index (χ3v) is 9.41. The second-order valence-electron chi connectivity index (χ2n) is 11.3. The Bertz CT molecular complexity index is 1980. The number of hydrogen-bond acceptors (Lipinski definition) is 6. The van der Waals surface area contributed by atoms with Gasteiger partial charge in [0.25, 0.3) is 15.9 Å². The summed E-state index contributed by atoms with van der Waals surface area (Å²) in [5, 5.41) is 3.52. The van der Waals surface area contributed by atoms with Crippen molar-refractivity contribution < 1.29 is 31.9 Å². The molecule has 12 heteroatoms. The number of amides is 2. The molecule has 0 aliphatic heterocycles. The topological polar surface area (TPSA) is 114 Å². The number of nitrogens with zero attached hydrogens (tertiary/aromatic N) is 1. The molecule has 0 aliphatic rings. The number of carbonyl (C=O) groups excluding carboxylic acids is 2. The predicted octanol–water partition coefficient (Wildman–Crippen LogP) is 6.62. The zero-order valence-electron chi connectivity index (χ0n) is 27.1. The Hall–Kier alpha value is -5.39. The Balaban J connectivity index is 1.34. The van der Waals surface area contributed by atoms with Crippen LogP contribution < -0.4 is 19.5 Å². The summed E-state index contributed by atoms with van der Waals surface area (Å²) >= 11 is 6.12. The third-order valence-electron chi connectivity index (χ3n) is 7.76. The number of ether oxygens (including phenoxy) is 2. The summed E-state index contributed by atoms with van der Waals surface area (Å²) in [5.74, 6) is -0.365. The zero-order valence-corrected chi connectivity index (χ0v) is 28.7. The van der Waals surface area contributed by atoms with E-state index in [2.05, 4.69) is 10.0 Å². The fourth-order valence-corrected chi connectivity index (χ4v) is 6.25. The lowest BCUT2D eigenvalue weighted by molar-refractivity contribution is -0.142. The van der Waals surface area contributed by atoms with Crippen LogP contribution >= 0.6 is 11.6 Å². The molecule has 0 radical (unpaired) electrons. The number of rotatable bonds is 15. The molecule has 50 heavy (non-hydrogen) atoms. The Morgan fingerprint density at radius 3 is 2.04 bits per heavy atom. The van der Waals surface area contributed by atoms with Crippen LogP contribution in [0, 0.1) is 5.82 Å². The molecule has 0 bridgehead atoms. The average molecular weight is 716 g/mol. The average Bonchev–Trinajstić information content (AvgIpc) is 3.13. The quantitative estimate of drug-likeness (QED) is 0.126. The van der Waals surface area contributed by atoms with Crippen molar-refractivity contribution in [3.63, 3.8) is 0 Å². The molecule has 2 N–H and O–H groups in total. The molecule has 5 rings (SSSR count). The van der Waals surface area contributed by atoms with Gasteiger partial charge in [-0.1, -0.05) is 66.2 Å². The van der Waals surface area contributed by atoms with Gasteiger partial charge in [-0.05, 0) is 89.5 Å². The minimum absolute atomic E-state index is 0.0543. The predicted molar refractivity (Wildman–Crippen MR) is 190 cm³/mol. The lowest BCUT2D eigenvalue weighted by atomic mass is 10.0. The molecule has 0 aliphatic carbocycles. The van der Waals surface area contributed by atoms with Gasteiger partial charge in [0.2, 0.25) is 5.91 Å². The summed E-state index contributed by atoms with van der Waals surface area (Å²) in [4.78, 5) is 29.3. The van der Waals surface area contributed by atoms with Crippen LogP contribution in [0.3, 0.4) is 0 Å². The first-order valence-corrected chi connectivity index (χ1v) is 17.5. The fraction of sp³-hybridized carbons (Fsp3) is 0.158. The minimum Gasteiger partial charge on any atom is -0.497 e. The van der Waals surface area contributed by atoms with Gasteiger partial charge in [-0.15, -0.1) is 0 Å². The van der Waals surface area contributed by atoms with Crippen LogP contribution in [-0.2, 0) is 39.1 Å². The molecule has 1 atom stereocenters. The number of anilines is 1.